The van der Waals surface area contributed by atoms with Crippen LogP contribution in [0.5, 0.6) is 0 Å². The molecule has 16 heavy (non-hydrogen) atoms. The lowest BCUT2D eigenvalue weighted by molar-refractivity contribution is 0.0940. The molecule has 0 aliphatic carbocycles. The third kappa shape index (κ3) is 3.55. The molecule has 84 valence electrons. The van der Waals surface area contributed by atoms with E-state index in [4.69, 9.17) is 18.0 Å². The van der Waals surface area contributed by atoms with Crippen LogP contribution in [0.15, 0.2) is 22.7 Å². The molecule has 1 N–H and O–H groups in total. The van der Waals surface area contributed by atoms with Gasteiger partial charge in [0, 0.05) is 22.0 Å². The van der Waals surface area contributed by atoms with Crippen molar-refractivity contribution in [3.8, 4) is 12.3 Å². The highest BCUT2D eigenvalue weighted by molar-refractivity contribution is 9.10. The Bertz CT molecular complexity index is 439. The number of halogens is 2. The number of rotatable bonds is 3. The Kier molecular flexibility index (Phi) is 4.85. The first kappa shape index (κ1) is 13.1. The molecule has 0 aliphatic heterocycles. The van der Waals surface area contributed by atoms with E-state index in [1.54, 1.807) is 18.2 Å². The van der Waals surface area contributed by atoms with Crippen molar-refractivity contribution in [2.75, 3.05) is 0 Å². The summed E-state index contributed by atoms with van der Waals surface area (Å²) in [5.41, 5.74) is 0.511. The van der Waals surface area contributed by atoms with Gasteiger partial charge in [-0.1, -0.05) is 11.6 Å². The summed E-state index contributed by atoms with van der Waals surface area (Å²) in [6, 6.07) is 5.02. The summed E-state index contributed by atoms with van der Waals surface area (Å²) in [6.07, 6.45) is 5.67. The number of benzene rings is 1. The minimum atomic E-state index is -0.183. The molecule has 0 spiro atoms. The fraction of sp³-hybridized carbons (Fsp3) is 0.250. The van der Waals surface area contributed by atoms with Gasteiger partial charge in [-0.05, 0) is 41.1 Å². The number of terminal acetylenes is 1. The number of carbonyl (C=O) groups excluding carboxylic acids is 1. The van der Waals surface area contributed by atoms with E-state index in [-0.39, 0.29) is 11.9 Å². The highest BCUT2D eigenvalue weighted by atomic mass is 79.9. The van der Waals surface area contributed by atoms with Gasteiger partial charge in [-0.25, -0.2) is 0 Å². The smallest absolute Gasteiger partial charge is 0.252 e. The molecule has 1 atom stereocenters. The predicted octanol–water partition coefficient (Wildman–Crippen LogP) is 3.24. The zero-order chi connectivity index (χ0) is 12.1. The molecule has 0 aliphatic rings. The van der Waals surface area contributed by atoms with Crippen LogP contribution in [0.25, 0.3) is 0 Å². The average Bonchev–Trinajstić information content (AvgIpc) is 2.21. The fourth-order valence-corrected chi connectivity index (χ4v) is 1.80. The van der Waals surface area contributed by atoms with Crippen molar-refractivity contribution in [3.05, 3.63) is 33.3 Å². The Morgan fingerprint density at radius 3 is 3.00 bits per heavy atom. The summed E-state index contributed by atoms with van der Waals surface area (Å²) in [4.78, 5) is 11.8. The Hall–Kier alpha value is -0.980. The number of hydrogen-bond acceptors (Lipinski definition) is 1. The summed E-state index contributed by atoms with van der Waals surface area (Å²) in [6.45, 7) is 1.86. The van der Waals surface area contributed by atoms with Crippen molar-refractivity contribution >= 4 is 33.4 Å². The summed E-state index contributed by atoms with van der Waals surface area (Å²) in [5.74, 6) is 2.31. The normalized spacial score (nSPS) is 11.6. The Morgan fingerprint density at radius 2 is 2.38 bits per heavy atom. The van der Waals surface area contributed by atoms with Crippen LogP contribution in [0.2, 0.25) is 5.02 Å². The largest absolute Gasteiger partial charge is 0.349 e. The monoisotopic (exact) mass is 299 g/mol. The zero-order valence-corrected chi connectivity index (χ0v) is 11.1. The van der Waals surface area contributed by atoms with Crippen molar-refractivity contribution in [3.63, 3.8) is 0 Å². The van der Waals surface area contributed by atoms with Crippen molar-refractivity contribution < 1.29 is 4.79 Å². The topological polar surface area (TPSA) is 29.1 Å². The average molecular weight is 301 g/mol. The van der Waals surface area contributed by atoms with Crippen LogP contribution in [0, 0.1) is 12.3 Å². The van der Waals surface area contributed by atoms with E-state index < -0.39 is 0 Å². The lowest BCUT2D eigenvalue weighted by Crippen LogP contribution is -2.32. The van der Waals surface area contributed by atoms with Crippen molar-refractivity contribution in [2.45, 2.75) is 19.4 Å². The van der Waals surface area contributed by atoms with Crippen LogP contribution in [0.3, 0.4) is 0 Å². The second-order valence-corrected chi connectivity index (χ2v) is 4.70. The van der Waals surface area contributed by atoms with Gasteiger partial charge in [-0.15, -0.1) is 12.3 Å². The number of amides is 1. The van der Waals surface area contributed by atoms with Crippen molar-refractivity contribution in [1.29, 1.82) is 0 Å². The van der Waals surface area contributed by atoms with Gasteiger partial charge in [0.2, 0.25) is 0 Å². The van der Waals surface area contributed by atoms with Crippen molar-refractivity contribution in [2.24, 2.45) is 0 Å². The Morgan fingerprint density at radius 1 is 1.69 bits per heavy atom. The molecular formula is C12H11BrClNO. The van der Waals surface area contributed by atoms with Gasteiger partial charge in [0.15, 0.2) is 0 Å². The van der Waals surface area contributed by atoms with Gasteiger partial charge in [0.1, 0.15) is 0 Å². The summed E-state index contributed by atoms with van der Waals surface area (Å²) >= 11 is 9.13. The summed E-state index contributed by atoms with van der Waals surface area (Å²) in [7, 11) is 0. The summed E-state index contributed by atoms with van der Waals surface area (Å²) < 4.78 is 0.710. The third-order valence-corrected chi connectivity index (χ3v) is 2.90. The molecule has 1 aromatic rings. The second kappa shape index (κ2) is 5.93. The highest BCUT2D eigenvalue weighted by Gasteiger charge is 2.12. The molecule has 1 aromatic carbocycles. The van der Waals surface area contributed by atoms with E-state index in [0.29, 0.717) is 21.5 Å². The van der Waals surface area contributed by atoms with Crippen molar-refractivity contribution in [1.82, 2.24) is 5.32 Å². The molecule has 2 nitrogen and oxygen atoms in total. The Balaban J connectivity index is 2.81. The molecule has 1 amide bonds. The maximum absolute atomic E-state index is 11.8. The molecule has 0 bridgehead atoms. The van der Waals surface area contributed by atoms with Crippen LogP contribution >= 0.6 is 27.5 Å². The summed E-state index contributed by atoms with van der Waals surface area (Å²) in [5, 5.41) is 3.32. The first-order valence-corrected chi connectivity index (χ1v) is 5.91. The molecule has 0 saturated heterocycles. The van der Waals surface area contributed by atoms with E-state index in [0.717, 1.165) is 0 Å². The first-order valence-electron chi connectivity index (χ1n) is 4.74. The molecule has 0 fully saturated rings. The van der Waals surface area contributed by atoms with E-state index in [9.17, 15) is 4.79 Å². The number of carbonyl (C=O) groups is 1. The molecular weight excluding hydrogens is 289 g/mol. The van der Waals surface area contributed by atoms with Gasteiger partial charge in [0.25, 0.3) is 5.91 Å². The minimum absolute atomic E-state index is 0.0524. The first-order chi connectivity index (χ1) is 7.54. The third-order valence-electron chi connectivity index (χ3n) is 1.97. The van der Waals surface area contributed by atoms with E-state index >= 15 is 0 Å². The standard InChI is InChI=1S/C12H11BrClNO/c1-3-4-8(2)15-12(16)10-7-9(14)5-6-11(10)13/h1,5-8H,4H2,2H3,(H,15,16). The maximum atomic E-state index is 11.8. The molecule has 4 heteroatoms. The lowest BCUT2D eigenvalue weighted by atomic mass is 10.2. The van der Waals surface area contributed by atoms with Crippen LogP contribution in [0.4, 0.5) is 0 Å². The number of nitrogens with one attached hydrogen (secondary N) is 1. The van der Waals surface area contributed by atoms with Gasteiger partial charge in [-0.3, -0.25) is 4.79 Å². The van der Waals surface area contributed by atoms with Gasteiger partial charge >= 0.3 is 0 Å². The van der Waals surface area contributed by atoms with E-state index in [2.05, 4.69) is 27.2 Å². The van der Waals surface area contributed by atoms with Crippen LogP contribution in [-0.2, 0) is 0 Å². The fourth-order valence-electron chi connectivity index (χ4n) is 1.20. The van der Waals surface area contributed by atoms with Crippen LogP contribution < -0.4 is 5.32 Å². The molecule has 0 heterocycles. The molecule has 0 radical (unpaired) electrons. The molecule has 0 aromatic heterocycles. The SMILES string of the molecule is C#CCC(C)NC(=O)c1cc(Cl)ccc1Br. The lowest BCUT2D eigenvalue weighted by Gasteiger charge is -2.12. The Labute approximate surface area is 109 Å². The quantitative estimate of drug-likeness (QED) is 0.853. The highest BCUT2D eigenvalue weighted by Crippen LogP contribution is 2.21. The van der Waals surface area contributed by atoms with Crippen LogP contribution in [0.1, 0.15) is 23.7 Å². The second-order valence-electron chi connectivity index (χ2n) is 3.41. The maximum Gasteiger partial charge on any atom is 0.252 e. The molecule has 0 saturated carbocycles. The number of hydrogen-bond donors (Lipinski definition) is 1. The van der Waals surface area contributed by atoms with Gasteiger partial charge in [0.05, 0.1) is 5.56 Å². The molecule has 1 rings (SSSR count). The predicted molar refractivity (Wildman–Crippen MR) is 69.5 cm³/mol. The van der Waals surface area contributed by atoms with Crippen LogP contribution in [-0.4, -0.2) is 11.9 Å². The van der Waals surface area contributed by atoms with E-state index in [1.807, 2.05) is 6.92 Å². The minimum Gasteiger partial charge on any atom is -0.349 e. The molecule has 1 unspecified atom stereocenters. The zero-order valence-electron chi connectivity index (χ0n) is 8.76. The van der Waals surface area contributed by atoms with E-state index in [1.165, 1.54) is 0 Å². The van der Waals surface area contributed by atoms with Gasteiger partial charge < -0.3 is 5.32 Å². The van der Waals surface area contributed by atoms with Gasteiger partial charge in [-0.2, -0.15) is 0 Å².